The molecule has 0 saturated carbocycles. The Morgan fingerprint density at radius 1 is 1.06 bits per heavy atom. The van der Waals surface area contributed by atoms with E-state index in [9.17, 15) is 17.6 Å². The molecular weight excluding hydrogens is 455 g/mol. The monoisotopic (exact) mass is 472 g/mol. The normalized spacial score (nSPS) is 11.1. The molecule has 2 N–H and O–H groups in total. The number of nitrogens with zero attached hydrogens (tertiary/aromatic N) is 2. The van der Waals surface area contributed by atoms with Crippen molar-refractivity contribution in [3.05, 3.63) is 93.2 Å². The second-order valence-corrected chi connectivity index (χ2v) is 8.19. The van der Waals surface area contributed by atoms with Crippen LogP contribution in [0, 0.1) is 12.7 Å². The third-order valence-electron chi connectivity index (χ3n) is 5.01. The van der Waals surface area contributed by atoms with Crippen LogP contribution in [0.15, 0.2) is 65.7 Å². The first-order chi connectivity index (χ1) is 15.3. The molecular formula is C22H18ClFN4O3S. The number of fused-ring (bicyclic) bond motifs is 1. The van der Waals surface area contributed by atoms with Crippen LogP contribution in [0.2, 0.25) is 5.02 Å². The summed E-state index contributed by atoms with van der Waals surface area (Å²) in [6.07, 6.45) is 1.50. The third kappa shape index (κ3) is 4.30. The number of rotatable bonds is 6. The van der Waals surface area contributed by atoms with Crippen molar-refractivity contribution in [2.75, 3.05) is 10.0 Å². The lowest BCUT2D eigenvalue weighted by molar-refractivity contribution is 0.618. The van der Waals surface area contributed by atoms with Gasteiger partial charge < -0.3 is 5.32 Å². The summed E-state index contributed by atoms with van der Waals surface area (Å²) in [6.45, 7) is 2.09. The van der Waals surface area contributed by atoms with Gasteiger partial charge in [0.1, 0.15) is 5.82 Å². The van der Waals surface area contributed by atoms with Gasteiger partial charge in [0.2, 0.25) is 10.9 Å². The number of aromatic nitrogens is 2. The highest BCUT2D eigenvalue weighted by molar-refractivity contribution is 7.73. The molecule has 0 aliphatic carbocycles. The lowest BCUT2D eigenvalue weighted by Crippen LogP contribution is -2.22. The fourth-order valence-corrected chi connectivity index (χ4v) is 4.11. The van der Waals surface area contributed by atoms with Gasteiger partial charge in [0.05, 0.1) is 40.2 Å². The Labute approximate surface area is 189 Å². The van der Waals surface area contributed by atoms with Crippen LogP contribution in [0.25, 0.3) is 10.9 Å². The Bertz CT molecular complexity index is 1450. The van der Waals surface area contributed by atoms with Crippen molar-refractivity contribution >= 4 is 50.5 Å². The molecule has 0 bridgehead atoms. The van der Waals surface area contributed by atoms with Crippen LogP contribution in [-0.4, -0.2) is 18.0 Å². The predicted octanol–water partition coefficient (Wildman–Crippen LogP) is 4.23. The number of aryl methyl sites for hydroxylation is 1. The summed E-state index contributed by atoms with van der Waals surface area (Å²) < 4.78 is 40.1. The highest BCUT2D eigenvalue weighted by Gasteiger charge is 2.16. The smallest absolute Gasteiger partial charge is 0.261 e. The van der Waals surface area contributed by atoms with E-state index in [1.54, 1.807) is 19.1 Å². The van der Waals surface area contributed by atoms with Crippen molar-refractivity contribution in [1.29, 1.82) is 0 Å². The van der Waals surface area contributed by atoms with Crippen molar-refractivity contribution < 1.29 is 12.8 Å². The van der Waals surface area contributed by atoms with E-state index in [0.717, 1.165) is 11.6 Å². The van der Waals surface area contributed by atoms with Crippen LogP contribution >= 0.6 is 11.6 Å². The summed E-state index contributed by atoms with van der Waals surface area (Å²) >= 11 is 6.21. The SMILES string of the molecule is Cc1c(Nc2c(F)ccc(N[SH](=O)=O)c2Cl)ccc2ncn(Cc3ccccc3)c(=O)c12. The predicted molar refractivity (Wildman–Crippen MR) is 125 cm³/mol. The standard InChI is InChI=1S/C22H18ClFN4O3S/c1-13-16(26-21-15(24)7-8-18(20(21)23)27-32(30)31)9-10-17-19(13)22(29)28(12-25-17)11-14-5-3-2-4-6-14/h2-10,12,26,32H,11H2,1H3,(H,27,30,31). The number of nitrogens with one attached hydrogen (secondary N) is 2. The van der Waals surface area contributed by atoms with Crippen molar-refractivity contribution in [3.8, 4) is 0 Å². The summed E-state index contributed by atoms with van der Waals surface area (Å²) in [5.74, 6) is -0.672. The summed E-state index contributed by atoms with van der Waals surface area (Å²) in [5.41, 5.74) is 2.17. The second kappa shape index (κ2) is 8.97. The molecule has 10 heteroatoms. The van der Waals surface area contributed by atoms with Gasteiger partial charge in [-0.25, -0.2) is 17.8 Å². The molecule has 164 valence electrons. The number of benzene rings is 3. The summed E-state index contributed by atoms with van der Waals surface area (Å²) in [6, 6.07) is 15.2. The van der Waals surface area contributed by atoms with E-state index in [1.165, 1.54) is 17.0 Å². The second-order valence-electron chi connectivity index (χ2n) is 7.07. The molecule has 0 radical (unpaired) electrons. The lowest BCUT2D eigenvalue weighted by Gasteiger charge is -2.16. The minimum absolute atomic E-state index is 0.0389. The van der Waals surface area contributed by atoms with E-state index < -0.39 is 16.7 Å². The summed E-state index contributed by atoms with van der Waals surface area (Å²) in [5, 5.41) is 3.15. The van der Waals surface area contributed by atoms with Gasteiger partial charge in [0.25, 0.3) is 5.56 Å². The zero-order valence-electron chi connectivity index (χ0n) is 16.8. The van der Waals surface area contributed by atoms with Crippen LogP contribution in [0.1, 0.15) is 11.1 Å². The molecule has 3 aromatic carbocycles. The van der Waals surface area contributed by atoms with E-state index in [-0.39, 0.29) is 22.0 Å². The van der Waals surface area contributed by atoms with Crippen molar-refractivity contribution in [2.45, 2.75) is 13.5 Å². The van der Waals surface area contributed by atoms with Gasteiger partial charge in [0, 0.05) is 5.69 Å². The fourth-order valence-electron chi connectivity index (χ4n) is 3.42. The average Bonchev–Trinajstić information content (AvgIpc) is 2.77. The van der Waals surface area contributed by atoms with Gasteiger partial charge in [-0.3, -0.25) is 14.1 Å². The van der Waals surface area contributed by atoms with Crippen molar-refractivity contribution in [2.24, 2.45) is 0 Å². The molecule has 0 unspecified atom stereocenters. The van der Waals surface area contributed by atoms with Crippen LogP contribution in [-0.2, 0) is 17.4 Å². The molecule has 0 fully saturated rings. The van der Waals surface area contributed by atoms with Crippen LogP contribution in [0.5, 0.6) is 0 Å². The molecule has 0 atom stereocenters. The topological polar surface area (TPSA) is 93.1 Å². The first kappa shape index (κ1) is 21.8. The Kier molecular flexibility index (Phi) is 6.11. The van der Waals surface area contributed by atoms with Crippen LogP contribution < -0.4 is 15.6 Å². The molecule has 32 heavy (non-hydrogen) atoms. The van der Waals surface area contributed by atoms with E-state index >= 15 is 0 Å². The zero-order chi connectivity index (χ0) is 22.8. The quantitative estimate of drug-likeness (QED) is 0.365. The number of halogens is 2. The van der Waals surface area contributed by atoms with Gasteiger partial charge in [-0.05, 0) is 42.3 Å². The Morgan fingerprint density at radius 3 is 2.50 bits per heavy atom. The molecule has 0 spiro atoms. The largest absolute Gasteiger partial charge is 0.352 e. The number of hydrogen-bond acceptors (Lipinski definition) is 5. The molecule has 4 rings (SSSR count). The number of hydrogen-bond donors (Lipinski definition) is 3. The Balaban J connectivity index is 1.77. The van der Waals surface area contributed by atoms with Gasteiger partial charge in [-0.1, -0.05) is 41.9 Å². The molecule has 1 heterocycles. The Morgan fingerprint density at radius 2 is 1.78 bits per heavy atom. The minimum atomic E-state index is -2.97. The zero-order valence-corrected chi connectivity index (χ0v) is 18.5. The van der Waals surface area contributed by atoms with Crippen LogP contribution in [0.4, 0.5) is 21.5 Å². The van der Waals surface area contributed by atoms with Crippen molar-refractivity contribution in [3.63, 3.8) is 0 Å². The van der Waals surface area contributed by atoms with Gasteiger partial charge in [-0.15, -0.1) is 0 Å². The number of thiol groups is 1. The van der Waals surface area contributed by atoms with Gasteiger partial charge in [0.15, 0.2) is 0 Å². The maximum absolute atomic E-state index is 14.5. The van der Waals surface area contributed by atoms with E-state index in [2.05, 4.69) is 15.0 Å². The van der Waals surface area contributed by atoms with E-state index in [4.69, 9.17) is 11.6 Å². The molecule has 0 aliphatic rings. The van der Waals surface area contributed by atoms with E-state index in [0.29, 0.717) is 28.7 Å². The first-order valence-electron chi connectivity index (χ1n) is 9.54. The van der Waals surface area contributed by atoms with E-state index in [1.807, 2.05) is 30.3 Å². The van der Waals surface area contributed by atoms with Gasteiger partial charge >= 0.3 is 0 Å². The molecule has 0 aliphatic heterocycles. The molecule has 4 aromatic rings. The van der Waals surface area contributed by atoms with Crippen molar-refractivity contribution in [1.82, 2.24) is 9.55 Å². The average molecular weight is 473 g/mol. The van der Waals surface area contributed by atoms with Gasteiger partial charge in [-0.2, -0.15) is 0 Å². The highest BCUT2D eigenvalue weighted by atomic mass is 35.5. The van der Waals surface area contributed by atoms with Crippen LogP contribution in [0.3, 0.4) is 0 Å². The molecule has 0 saturated heterocycles. The maximum Gasteiger partial charge on any atom is 0.261 e. The lowest BCUT2D eigenvalue weighted by atomic mass is 10.1. The summed E-state index contributed by atoms with van der Waals surface area (Å²) in [7, 11) is -2.97. The number of anilines is 3. The molecule has 0 amide bonds. The first-order valence-corrected chi connectivity index (χ1v) is 11.1. The Hall–Kier alpha value is -3.43. The molecule has 7 nitrogen and oxygen atoms in total. The minimum Gasteiger partial charge on any atom is -0.352 e. The fraction of sp³-hybridized carbons (Fsp3) is 0.0909. The maximum atomic E-state index is 14.5. The molecule has 1 aromatic heterocycles. The third-order valence-corrected chi connectivity index (χ3v) is 5.83. The highest BCUT2D eigenvalue weighted by Crippen LogP contribution is 2.36. The summed E-state index contributed by atoms with van der Waals surface area (Å²) in [4.78, 5) is 17.6.